The number of aliphatic hydroxyl groups excluding tert-OH is 1. The van der Waals surface area contributed by atoms with Gasteiger partial charge in [0.25, 0.3) is 0 Å². The Morgan fingerprint density at radius 2 is 1.71 bits per heavy atom. The molecule has 0 fully saturated rings. The number of nitrogens with two attached hydrogens (primary N) is 1. The minimum absolute atomic E-state index is 0.201. The molecule has 0 spiro atoms. The Kier molecular flexibility index (Phi) is 5.20. The molecule has 0 unspecified atom stereocenters. The van der Waals surface area contributed by atoms with Gasteiger partial charge in [-0.3, -0.25) is 0 Å². The molecule has 4 nitrogen and oxygen atoms in total. The molecule has 0 aliphatic rings. The van der Waals surface area contributed by atoms with Gasteiger partial charge in [0.1, 0.15) is 0 Å². The third-order valence-electron chi connectivity index (χ3n) is 3.50. The van der Waals surface area contributed by atoms with Gasteiger partial charge >= 0.3 is 0 Å². The molecule has 0 saturated heterocycles. The van der Waals surface area contributed by atoms with Crippen LogP contribution in [0.4, 0.5) is 0 Å². The van der Waals surface area contributed by atoms with E-state index in [9.17, 15) is 5.11 Å². The average Bonchev–Trinajstić information content (AvgIpc) is 2.54. The Morgan fingerprint density at radius 3 is 2.38 bits per heavy atom. The van der Waals surface area contributed by atoms with Crippen LogP contribution >= 0.6 is 0 Å². The summed E-state index contributed by atoms with van der Waals surface area (Å²) in [6, 6.07) is 13.5. The number of rotatable bonds is 6. The fourth-order valence-electron chi connectivity index (χ4n) is 2.45. The molecule has 0 aromatic heterocycles. The fraction of sp³-hybridized carbons (Fsp3) is 0.294. The monoisotopic (exact) mass is 287 g/mol. The van der Waals surface area contributed by atoms with Crippen molar-refractivity contribution in [3.05, 3.63) is 59.2 Å². The predicted molar refractivity (Wildman–Crippen MR) is 82.8 cm³/mol. The lowest BCUT2D eigenvalue weighted by Crippen LogP contribution is -2.13. The Morgan fingerprint density at radius 1 is 1.00 bits per heavy atom. The van der Waals surface area contributed by atoms with Crippen LogP contribution in [-0.4, -0.2) is 25.9 Å². The molecular formula is C17H21NO3. The molecule has 0 aliphatic heterocycles. The number of hydrogen-bond donors (Lipinski definition) is 2. The van der Waals surface area contributed by atoms with Crippen LogP contribution in [0.3, 0.4) is 0 Å². The van der Waals surface area contributed by atoms with Crippen LogP contribution in [0.2, 0.25) is 0 Å². The van der Waals surface area contributed by atoms with E-state index < -0.39 is 6.10 Å². The van der Waals surface area contributed by atoms with Gasteiger partial charge in [0, 0.05) is 18.5 Å². The van der Waals surface area contributed by atoms with Gasteiger partial charge in [-0.15, -0.1) is 0 Å². The normalized spacial score (nSPS) is 12.0. The highest BCUT2D eigenvalue weighted by Crippen LogP contribution is 2.33. The van der Waals surface area contributed by atoms with Crippen molar-refractivity contribution in [3.63, 3.8) is 0 Å². The van der Waals surface area contributed by atoms with Crippen LogP contribution in [0.1, 0.15) is 22.8 Å². The first-order valence-electron chi connectivity index (χ1n) is 6.87. The summed E-state index contributed by atoms with van der Waals surface area (Å²) in [6.07, 6.45) is -0.00838. The number of ether oxygens (including phenoxy) is 2. The molecule has 1 atom stereocenters. The molecular weight excluding hydrogens is 266 g/mol. The first-order chi connectivity index (χ1) is 10.2. The maximum atomic E-state index is 10.0. The van der Waals surface area contributed by atoms with Gasteiger partial charge in [-0.1, -0.05) is 36.4 Å². The predicted octanol–water partition coefficient (Wildman–Crippen LogP) is 2.29. The summed E-state index contributed by atoms with van der Waals surface area (Å²) in [5.41, 5.74) is 8.46. The van der Waals surface area contributed by atoms with E-state index in [1.807, 2.05) is 42.5 Å². The molecule has 0 radical (unpaired) electrons. The first kappa shape index (κ1) is 15.4. The van der Waals surface area contributed by atoms with E-state index in [1.165, 1.54) is 0 Å². The van der Waals surface area contributed by atoms with Crippen LogP contribution in [0.25, 0.3) is 0 Å². The van der Waals surface area contributed by atoms with Crippen LogP contribution in [0.5, 0.6) is 11.5 Å². The van der Waals surface area contributed by atoms with Crippen molar-refractivity contribution in [2.75, 3.05) is 20.8 Å². The van der Waals surface area contributed by atoms with Crippen molar-refractivity contribution in [3.8, 4) is 11.5 Å². The van der Waals surface area contributed by atoms with Crippen molar-refractivity contribution in [1.82, 2.24) is 0 Å². The van der Waals surface area contributed by atoms with Gasteiger partial charge in [0.2, 0.25) is 0 Å². The number of methoxy groups -OCH3 is 2. The number of aliphatic hydroxyl groups is 1. The summed E-state index contributed by atoms with van der Waals surface area (Å²) in [5.74, 6) is 1.42. The van der Waals surface area contributed by atoms with Crippen molar-refractivity contribution >= 4 is 0 Å². The Hall–Kier alpha value is -2.04. The van der Waals surface area contributed by atoms with E-state index in [1.54, 1.807) is 14.2 Å². The third kappa shape index (κ3) is 3.35. The summed E-state index contributed by atoms with van der Waals surface area (Å²) in [7, 11) is 3.25. The molecule has 112 valence electrons. The first-order valence-corrected chi connectivity index (χ1v) is 6.87. The summed E-state index contributed by atoms with van der Waals surface area (Å²) < 4.78 is 10.8. The van der Waals surface area contributed by atoms with Crippen molar-refractivity contribution in [1.29, 1.82) is 0 Å². The highest BCUT2D eigenvalue weighted by molar-refractivity contribution is 5.49. The Bertz CT molecular complexity index is 598. The topological polar surface area (TPSA) is 64.7 Å². The lowest BCUT2D eigenvalue weighted by atomic mass is 9.96. The van der Waals surface area contributed by atoms with E-state index >= 15 is 0 Å². The van der Waals surface area contributed by atoms with E-state index in [4.69, 9.17) is 15.2 Å². The van der Waals surface area contributed by atoms with Gasteiger partial charge in [0.15, 0.2) is 11.5 Å². The van der Waals surface area contributed by atoms with E-state index in [-0.39, 0.29) is 6.54 Å². The second-order valence-corrected chi connectivity index (χ2v) is 4.78. The van der Waals surface area contributed by atoms with Crippen LogP contribution < -0.4 is 15.2 Å². The quantitative estimate of drug-likeness (QED) is 0.855. The maximum Gasteiger partial charge on any atom is 0.164 e. The second kappa shape index (κ2) is 7.11. The maximum absolute atomic E-state index is 10.0. The lowest BCUT2D eigenvalue weighted by molar-refractivity contribution is 0.186. The van der Waals surface area contributed by atoms with Crippen LogP contribution in [0, 0.1) is 0 Å². The standard InChI is InChI=1S/C17H21NO3/c1-20-16-9-5-7-13(17(16)21-2)10-12-6-3-4-8-14(12)15(19)11-18/h3-9,15,19H,10-11,18H2,1-2H3/t15-/m1/s1. The fourth-order valence-corrected chi connectivity index (χ4v) is 2.45. The van der Waals surface area contributed by atoms with Gasteiger partial charge in [0.05, 0.1) is 20.3 Å². The highest BCUT2D eigenvalue weighted by Gasteiger charge is 2.14. The van der Waals surface area contributed by atoms with Crippen molar-refractivity contribution < 1.29 is 14.6 Å². The minimum Gasteiger partial charge on any atom is -0.493 e. The third-order valence-corrected chi connectivity index (χ3v) is 3.50. The van der Waals surface area contributed by atoms with Gasteiger partial charge in [-0.25, -0.2) is 0 Å². The molecule has 21 heavy (non-hydrogen) atoms. The summed E-state index contributed by atoms with van der Waals surface area (Å²) >= 11 is 0. The molecule has 4 heteroatoms. The molecule has 2 aromatic rings. The largest absolute Gasteiger partial charge is 0.493 e. The van der Waals surface area contributed by atoms with Gasteiger partial charge in [-0.05, 0) is 17.2 Å². The highest BCUT2D eigenvalue weighted by atomic mass is 16.5. The number of para-hydroxylation sites is 1. The van der Waals surface area contributed by atoms with Crippen LogP contribution in [-0.2, 0) is 6.42 Å². The zero-order valence-electron chi connectivity index (χ0n) is 12.4. The SMILES string of the molecule is COc1cccc(Cc2ccccc2[C@H](O)CN)c1OC. The smallest absolute Gasteiger partial charge is 0.164 e. The zero-order valence-corrected chi connectivity index (χ0v) is 12.4. The van der Waals surface area contributed by atoms with Gasteiger partial charge < -0.3 is 20.3 Å². The van der Waals surface area contributed by atoms with Crippen LogP contribution in [0.15, 0.2) is 42.5 Å². The van der Waals surface area contributed by atoms with E-state index in [2.05, 4.69) is 0 Å². The molecule has 2 aromatic carbocycles. The zero-order chi connectivity index (χ0) is 15.2. The molecule has 0 bridgehead atoms. The number of benzene rings is 2. The lowest BCUT2D eigenvalue weighted by Gasteiger charge is -2.16. The van der Waals surface area contributed by atoms with Crippen molar-refractivity contribution in [2.24, 2.45) is 5.73 Å². The average molecular weight is 287 g/mol. The molecule has 0 amide bonds. The summed E-state index contributed by atoms with van der Waals surface area (Å²) in [4.78, 5) is 0. The molecule has 2 rings (SSSR count). The summed E-state index contributed by atoms with van der Waals surface area (Å²) in [5, 5.41) is 10.0. The van der Waals surface area contributed by atoms with Gasteiger partial charge in [-0.2, -0.15) is 0 Å². The second-order valence-electron chi connectivity index (χ2n) is 4.78. The van der Waals surface area contributed by atoms with Crippen molar-refractivity contribution in [2.45, 2.75) is 12.5 Å². The minimum atomic E-state index is -0.655. The summed E-state index contributed by atoms with van der Waals surface area (Å²) in [6.45, 7) is 0.201. The molecule has 0 saturated carbocycles. The van der Waals surface area contributed by atoms with E-state index in [0.29, 0.717) is 12.2 Å². The molecule has 0 heterocycles. The van der Waals surface area contributed by atoms with E-state index in [0.717, 1.165) is 22.4 Å². The Labute approximate surface area is 125 Å². The molecule has 0 aliphatic carbocycles. The molecule has 3 N–H and O–H groups in total. The number of hydrogen-bond acceptors (Lipinski definition) is 4. The Balaban J connectivity index is 2.39.